The van der Waals surface area contributed by atoms with Crippen molar-refractivity contribution in [2.24, 2.45) is 0 Å². The first-order valence-electron chi connectivity index (χ1n) is 9.53. The van der Waals surface area contributed by atoms with Crippen LogP contribution in [0.2, 0.25) is 5.02 Å². The van der Waals surface area contributed by atoms with Gasteiger partial charge in [-0.3, -0.25) is 19.3 Å². The predicted molar refractivity (Wildman–Crippen MR) is 120 cm³/mol. The number of ether oxygens (including phenoxy) is 1. The molecule has 0 saturated carbocycles. The number of carbonyl (C=O) groups is 3. The van der Waals surface area contributed by atoms with Crippen LogP contribution in [0.3, 0.4) is 0 Å². The minimum Gasteiger partial charge on any atom is -0.489 e. The highest BCUT2D eigenvalue weighted by molar-refractivity contribution is 8.18. The monoisotopic (exact) mass is 462 g/mol. The second kappa shape index (κ2) is 9.98. The molecular formula is C22H20ClFN2O4S. The molecule has 2 aromatic rings. The Morgan fingerprint density at radius 2 is 2.06 bits per heavy atom. The number of anilines is 1. The summed E-state index contributed by atoms with van der Waals surface area (Å²) in [5, 5.41) is 2.29. The van der Waals surface area contributed by atoms with Crippen LogP contribution in [-0.2, 0) is 9.59 Å². The maximum Gasteiger partial charge on any atom is 0.294 e. The van der Waals surface area contributed by atoms with Gasteiger partial charge in [0.1, 0.15) is 18.1 Å². The van der Waals surface area contributed by atoms with Crippen molar-refractivity contribution in [2.45, 2.75) is 26.4 Å². The first kappa shape index (κ1) is 22.8. The van der Waals surface area contributed by atoms with Gasteiger partial charge < -0.3 is 10.1 Å². The molecule has 0 unspecified atom stereocenters. The minimum atomic E-state index is -0.608. The average Bonchev–Trinajstić information content (AvgIpc) is 2.97. The summed E-state index contributed by atoms with van der Waals surface area (Å²) in [7, 11) is 0. The second-order valence-corrected chi connectivity index (χ2v) is 8.25. The first-order valence-corrected chi connectivity index (χ1v) is 10.7. The van der Waals surface area contributed by atoms with Crippen molar-refractivity contribution in [1.29, 1.82) is 0 Å². The van der Waals surface area contributed by atoms with Gasteiger partial charge in [0.05, 0.1) is 16.0 Å². The van der Waals surface area contributed by atoms with Crippen LogP contribution >= 0.6 is 23.4 Å². The summed E-state index contributed by atoms with van der Waals surface area (Å²) in [6.07, 6.45) is 2.38. The van der Waals surface area contributed by atoms with Crippen molar-refractivity contribution < 1.29 is 23.5 Å². The Balaban J connectivity index is 1.68. The van der Waals surface area contributed by atoms with Crippen LogP contribution in [0, 0.1) is 5.82 Å². The van der Waals surface area contributed by atoms with E-state index in [9.17, 15) is 18.8 Å². The van der Waals surface area contributed by atoms with E-state index in [1.807, 2.05) is 13.8 Å². The smallest absolute Gasteiger partial charge is 0.294 e. The van der Waals surface area contributed by atoms with Crippen LogP contribution in [0.4, 0.5) is 14.9 Å². The number of nitrogens with one attached hydrogen (secondary N) is 1. The summed E-state index contributed by atoms with van der Waals surface area (Å²) >= 11 is 7.00. The fraction of sp³-hybridized carbons (Fsp3) is 0.227. The number of halogens is 2. The van der Waals surface area contributed by atoms with Gasteiger partial charge in [-0.05, 0) is 67.1 Å². The lowest BCUT2D eigenvalue weighted by molar-refractivity contribution is -0.127. The van der Waals surface area contributed by atoms with Gasteiger partial charge in [0, 0.05) is 5.69 Å². The largest absolute Gasteiger partial charge is 0.489 e. The highest BCUT2D eigenvalue weighted by Gasteiger charge is 2.36. The second-order valence-electron chi connectivity index (χ2n) is 6.85. The van der Waals surface area contributed by atoms with Crippen LogP contribution in [0.5, 0.6) is 5.75 Å². The molecule has 1 aliphatic rings. The Bertz CT molecular complexity index is 1060. The number of hydrogen-bond donors (Lipinski definition) is 1. The van der Waals surface area contributed by atoms with Gasteiger partial charge in [0.15, 0.2) is 0 Å². The third-order valence-electron chi connectivity index (χ3n) is 4.44. The zero-order valence-electron chi connectivity index (χ0n) is 16.9. The molecule has 3 rings (SSSR count). The molecule has 1 heterocycles. The third kappa shape index (κ3) is 5.86. The molecule has 0 spiro atoms. The van der Waals surface area contributed by atoms with E-state index in [1.165, 1.54) is 24.3 Å². The van der Waals surface area contributed by atoms with Crippen molar-refractivity contribution in [2.75, 3.05) is 11.9 Å². The fourth-order valence-electron chi connectivity index (χ4n) is 2.70. The van der Waals surface area contributed by atoms with Gasteiger partial charge in [-0.15, -0.1) is 0 Å². The average molecular weight is 463 g/mol. The Morgan fingerprint density at radius 1 is 1.29 bits per heavy atom. The molecule has 1 fully saturated rings. The van der Waals surface area contributed by atoms with Crippen molar-refractivity contribution in [3.63, 3.8) is 0 Å². The van der Waals surface area contributed by atoms with Crippen molar-refractivity contribution in [1.82, 2.24) is 4.90 Å². The molecule has 1 atom stereocenters. The number of benzene rings is 2. The molecule has 0 aromatic heterocycles. The minimum absolute atomic E-state index is 0.0124. The van der Waals surface area contributed by atoms with Crippen LogP contribution < -0.4 is 10.1 Å². The summed E-state index contributed by atoms with van der Waals surface area (Å²) < 4.78 is 19.0. The van der Waals surface area contributed by atoms with E-state index in [1.54, 1.807) is 18.2 Å². The number of carbonyl (C=O) groups excluding carboxylic acids is 3. The van der Waals surface area contributed by atoms with E-state index >= 15 is 0 Å². The van der Waals surface area contributed by atoms with Crippen LogP contribution in [0.1, 0.15) is 25.8 Å². The van der Waals surface area contributed by atoms with Crippen molar-refractivity contribution in [3.8, 4) is 5.75 Å². The van der Waals surface area contributed by atoms with Gasteiger partial charge in [0.25, 0.3) is 11.1 Å². The normalized spacial score (nSPS) is 16.0. The maximum atomic E-state index is 13.2. The van der Waals surface area contributed by atoms with Crippen molar-refractivity contribution >= 4 is 52.2 Å². The summed E-state index contributed by atoms with van der Waals surface area (Å²) in [5.41, 5.74) is 0.859. The quantitative estimate of drug-likeness (QED) is 0.563. The zero-order chi connectivity index (χ0) is 22.5. The predicted octanol–water partition coefficient (Wildman–Crippen LogP) is 5.33. The number of amides is 3. The molecule has 1 N–H and O–H groups in total. The lowest BCUT2D eigenvalue weighted by Crippen LogP contribution is -2.36. The summed E-state index contributed by atoms with van der Waals surface area (Å²) in [4.78, 5) is 38.1. The molecule has 162 valence electrons. The zero-order valence-corrected chi connectivity index (χ0v) is 18.4. The molecule has 0 bridgehead atoms. The van der Waals surface area contributed by atoms with E-state index in [2.05, 4.69) is 5.32 Å². The number of imide groups is 1. The molecule has 9 heteroatoms. The number of thioether (sulfide) groups is 1. The fourth-order valence-corrected chi connectivity index (χ4v) is 3.77. The molecule has 1 saturated heterocycles. The van der Waals surface area contributed by atoms with Crippen LogP contribution in [0.25, 0.3) is 6.08 Å². The Kier molecular flexibility index (Phi) is 7.35. The van der Waals surface area contributed by atoms with Gasteiger partial charge in [0.2, 0.25) is 5.91 Å². The van der Waals surface area contributed by atoms with Gasteiger partial charge >= 0.3 is 0 Å². The van der Waals surface area contributed by atoms with E-state index in [4.69, 9.17) is 16.3 Å². The standard InChI is InChI=1S/C22H20ClFN2O4S/c1-3-13(2)30-18-8-7-14(9-17(18)23)10-19-21(28)26(22(29)31-19)12-20(27)25-16-6-4-5-15(24)11-16/h4-11,13H,3,12H2,1-2H3,(H,25,27)/b19-10+/t13-/m0/s1. The molecule has 0 radical (unpaired) electrons. The van der Waals surface area contributed by atoms with Crippen molar-refractivity contribution in [3.05, 3.63) is 63.8 Å². The highest BCUT2D eigenvalue weighted by Crippen LogP contribution is 2.34. The Morgan fingerprint density at radius 3 is 2.74 bits per heavy atom. The number of nitrogens with zero attached hydrogens (tertiary/aromatic N) is 1. The summed E-state index contributed by atoms with van der Waals surface area (Å²) in [5.74, 6) is -1.16. The van der Waals surface area contributed by atoms with Gasteiger partial charge in [-0.25, -0.2) is 4.39 Å². The topological polar surface area (TPSA) is 75.7 Å². The number of hydrogen-bond acceptors (Lipinski definition) is 5. The SMILES string of the molecule is CC[C@H](C)Oc1ccc(/C=C2/SC(=O)N(CC(=O)Nc3cccc(F)c3)C2=O)cc1Cl. The van der Waals surface area contributed by atoms with Gasteiger partial charge in [-0.1, -0.05) is 30.7 Å². The van der Waals surface area contributed by atoms with Crippen LogP contribution in [-0.4, -0.2) is 34.6 Å². The summed E-state index contributed by atoms with van der Waals surface area (Å²) in [6, 6.07) is 10.4. The molecule has 2 aromatic carbocycles. The van der Waals surface area contributed by atoms with E-state index in [-0.39, 0.29) is 16.7 Å². The van der Waals surface area contributed by atoms with Gasteiger partial charge in [-0.2, -0.15) is 0 Å². The Labute approximate surface area is 188 Å². The molecule has 31 heavy (non-hydrogen) atoms. The lowest BCUT2D eigenvalue weighted by Gasteiger charge is -2.14. The molecule has 0 aliphatic carbocycles. The Hall–Kier alpha value is -2.84. The molecule has 6 nitrogen and oxygen atoms in total. The summed E-state index contributed by atoms with van der Waals surface area (Å²) in [6.45, 7) is 3.47. The first-order chi connectivity index (χ1) is 14.8. The lowest BCUT2D eigenvalue weighted by atomic mass is 10.2. The maximum absolute atomic E-state index is 13.2. The highest BCUT2D eigenvalue weighted by atomic mass is 35.5. The number of rotatable bonds is 7. The third-order valence-corrected chi connectivity index (χ3v) is 5.64. The van der Waals surface area contributed by atoms with E-state index in [0.717, 1.165) is 29.1 Å². The van der Waals surface area contributed by atoms with E-state index in [0.29, 0.717) is 16.3 Å². The molecular weight excluding hydrogens is 443 g/mol. The molecule has 3 amide bonds. The molecule has 1 aliphatic heterocycles. The van der Waals surface area contributed by atoms with E-state index < -0.39 is 29.4 Å². The van der Waals surface area contributed by atoms with Crippen LogP contribution in [0.15, 0.2) is 47.4 Å².